The molecule has 0 aromatic heterocycles. The van der Waals surface area contributed by atoms with Crippen LogP contribution in [0.2, 0.25) is 0 Å². The van der Waals surface area contributed by atoms with Gasteiger partial charge in [0.15, 0.2) is 0 Å². The van der Waals surface area contributed by atoms with Gasteiger partial charge in [0.1, 0.15) is 5.75 Å². The maximum Gasteiger partial charge on any atom is 0.115 e. The molecule has 0 saturated heterocycles. The Morgan fingerprint density at radius 3 is 2.94 bits per heavy atom. The Balaban J connectivity index is 1.79. The third kappa shape index (κ3) is 3.97. The van der Waals surface area contributed by atoms with Gasteiger partial charge in [0, 0.05) is 11.0 Å². The second kappa shape index (κ2) is 6.55. The van der Waals surface area contributed by atoms with Crippen LogP contribution in [0, 0.1) is 5.92 Å². The maximum absolute atomic E-state index is 9.61. The third-order valence-corrected chi connectivity index (χ3v) is 4.31. The molecular formula is C14H20BrNO2. The van der Waals surface area contributed by atoms with E-state index in [1.165, 1.54) is 6.42 Å². The van der Waals surface area contributed by atoms with Gasteiger partial charge in [-0.25, -0.2) is 0 Å². The lowest BCUT2D eigenvalue weighted by Crippen LogP contribution is -2.28. The van der Waals surface area contributed by atoms with Crippen LogP contribution < -0.4 is 5.32 Å². The Kier molecular flexibility index (Phi) is 5.03. The Morgan fingerprint density at radius 2 is 2.17 bits per heavy atom. The average molecular weight is 314 g/mol. The van der Waals surface area contributed by atoms with Gasteiger partial charge in [0.2, 0.25) is 0 Å². The van der Waals surface area contributed by atoms with Crippen molar-refractivity contribution in [1.29, 1.82) is 0 Å². The summed E-state index contributed by atoms with van der Waals surface area (Å²) in [6.45, 7) is 1.67. The molecule has 1 aromatic carbocycles. The van der Waals surface area contributed by atoms with Gasteiger partial charge in [0.05, 0.1) is 6.10 Å². The molecule has 0 amide bonds. The number of nitrogens with one attached hydrogen (secondary N) is 1. The quantitative estimate of drug-likeness (QED) is 0.801. The lowest BCUT2D eigenvalue weighted by molar-refractivity contribution is 0.101. The molecule has 2 atom stereocenters. The zero-order valence-electron chi connectivity index (χ0n) is 10.4. The van der Waals surface area contributed by atoms with Crippen molar-refractivity contribution in [3.8, 4) is 5.75 Å². The molecule has 2 unspecified atom stereocenters. The molecule has 2 rings (SSSR count). The van der Waals surface area contributed by atoms with Gasteiger partial charge in [-0.1, -0.05) is 22.4 Å². The number of hydrogen-bond acceptors (Lipinski definition) is 3. The van der Waals surface area contributed by atoms with E-state index in [0.29, 0.717) is 11.7 Å². The Labute approximate surface area is 116 Å². The normalized spacial score (nSPS) is 24.1. The fourth-order valence-electron chi connectivity index (χ4n) is 2.56. The van der Waals surface area contributed by atoms with Crippen LogP contribution in [0.1, 0.15) is 31.2 Å². The number of aliphatic hydroxyl groups excluding tert-OH is 1. The highest BCUT2D eigenvalue weighted by atomic mass is 79.9. The van der Waals surface area contributed by atoms with Crippen molar-refractivity contribution in [2.75, 3.05) is 6.54 Å². The van der Waals surface area contributed by atoms with Crippen molar-refractivity contribution in [2.24, 2.45) is 5.92 Å². The Morgan fingerprint density at radius 1 is 1.33 bits per heavy atom. The van der Waals surface area contributed by atoms with Crippen LogP contribution in [0.15, 0.2) is 22.7 Å². The first kappa shape index (κ1) is 13.8. The Bertz CT molecular complexity index is 397. The molecular weight excluding hydrogens is 294 g/mol. The number of phenolic OH excluding ortho intramolecular Hbond substituents is 1. The topological polar surface area (TPSA) is 52.5 Å². The first-order valence-electron chi connectivity index (χ1n) is 6.51. The predicted octanol–water partition coefficient (Wildman–Crippen LogP) is 2.80. The molecule has 18 heavy (non-hydrogen) atoms. The summed E-state index contributed by atoms with van der Waals surface area (Å²) in [6.07, 6.45) is 4.08. The van der Waals surface area contributed by atoms with Crippen molar-refractivity contribution in [3.63, 3.8) is 0 Å². The minimum absolute atomic E-state index is 0.113. The molecule has 3 N–H and O–H groups in total. The number of hydrogen-bond donors (Lipinski definition) is 3. The first-order chi connectivity index (χ1) is 8.65. The van der Waals surface area contributed by atoms with E-state index < -0.39 is 0 Å². The summed E-state index contributed by atoms with van der Waals surface area (Å²) < 4.78 is 1.01. The fourth-order valence-corrected chi connectivity index (χ4v) is 2.94. The third-order valence-electron chi connectivity index (χ3n) is 3.53. The van der Waals surface area contributed by atoms with Crippen molar-refractivity contribution >= 4 is 15.9 Å². The molecule has 1 saturated carbocycles. The van der Waals surface area contributed by atoms with Crippen LogP contribution >= 0.6 is 15.9 Å². The second-order valence-corrected chi connectivity index (χ2v) is 5.95. The van der Waals surface area contributed by atoms with Crippen molar-refractivity contribution in [3.05, 3.63) is 28.2 Å². The minimum Gasteiger partial charge on any atom is -0.508 e. The molecule has 0 radical (unpaired) electrons. The zero-order chi connectivity index (χ0) is 13.0. The first-order valence-corrected chi connectivity index (χ1v) is 7.30. The monoisotopic (exact) mass is 313 g/mol. The summed E-state index contributed by atoms with van der Waals surface area (Å²) in [5, 5.41) is 22.5. The average Bonchev–Trinajstić information content (AvgIpc) is 2.34. The van der Waals surface area contributed by atoms with Gasteiger partial charge in [0.25, 0.3) is 0 Å². The lowest BCUT2D eigenvalue weighted by Gasteiger charge is -2.26. The molecule has 1 aliphatic rings. The van der Waals surface area contributed by atoms with E-state index in [0.717, 1.165) is 42.4 Å². The predicted molar refractivity (Wildman–Crippen MR) is 75.5 cm³/mol. The van der Waals surface area contributed by atoms with Crippen LogP contribution in [-0.2, 0) is 6.54 Å². The summed E-state index contributed by atoms with van der Waals surface area (Å²) in [7, 11) is 0. The number of phenols is 1. The number of aromatic hydroxyl groups is 1. The van der Waals surface area contributed by atoms with Crippen LogP contribution in [-0.4, -0.2) is 22.9 Å². The van der Waals surface area contributed by atoms with Crippen LogP contribution in [0.4, 0.5) is 0 Å². The fraction of sp³-hybridized carbons (Fsp3) is 0.571. The van der Waals surface area contributed by atoms with E-state index in [1.54, 1.807) is 12.1 Å². The lowest BCUT2D eigenvalue weighted by atomic mass is 9.87. The van der Waals surface area contributed by atoms with Gasteiger partial charge in [-0.15, -0.1) is 0 Å². The highest BCUT2D eigenvalue weighted by molar-refractivity contribution is 9.10. The van der Waals surface area contributed by atoms with E-state index in [4.69, 9.17) is 0 Å². The largest absolute Gasteiger partial charge is 0.508 e. The number of halogens is 1. The number of rotatable bonds is 4. The summed E-state index contributed by atoms with van der Waals surface area (Å²) >= 11 is 3.48. The zero-order valence-corrected chi connectivity index (χ0v) is 12.0. The standard InChI is InChI=1S/C14H20BrNO2/c15-14-5-4-13(18)7-11(14)9-16-8-10-2-1-3-12(17)6-10/h4-5,7,10,12,16-18H,1-3,6,8-9H2. The second-order valence-electron chi connectivity index (χ2n) is 5.09. The van der Waals surface area contributed by atoms with Crippen molar-refractivity contribution in [1.82, 2.24) is 5.32 Å². The molecule has 0 spiro atoms. The molecule has 1 aromatic rings. The smallest absolute Gasteiger partial charge is 0.115 e. The maximum atomic E-state index is 9.61. The SMILES string of the molecule is Oc1ccc(Br)c(CNCC2CCCC(O)C2)c1. The van der Waals surface area contributed by atoms with E-state index in [9.17, 15) is 10.2 Å². The highest BCUT2D eigenvalue weighted by Crippen LogP contribution is 2.24. The summed E-state index contributed by atoms with van der Waals surface area (Å²) in [5.41, 5.74) is 1.06. The summed E-state index contributed by atoms with van der Waals surface area (Å²) in [6, 6.07) is 5.30. The molecule has 0 bridgehead atoms. The van der Waals surface area contributed by atoms with Gasteiger partial charge in [-0.3, -0.25) is 0 Å². The van der Waals surface area contributed by atoms with Gasteiger partial charge in [-0.2, -0.15) is 0 Å². The van der Waals surface area contributed by atoms with E-state index in [-0.39, 0.29) is 6.10 Å². The highest BCUT2D eigenvalue weighted by Gasteiger charge is 2.19. The van der Waals surface area contributed by atoms with E-state index in [2.05, 4.69) is 21.2 Å². The summed E-state index contributed by atoms with van der Waals surface area (Å²) in [5.74, 6) is 0.868. The molecule has 0 heterocycles. The van der Waals surface area contributed by atoms with Gasteiger partial charge < -0.3 is 15.5 Å². The van der Waals surface area contributed by atoms with Crippen LogP contribution in [0.25, 0.3) is 0 Å². The minimum atomic E-state index is -0.113. The summed E-state index contributed by atoms with van der Waals surface area (Å²) in [4.78, 5) is 0. The molecule has 0 aliphatic heterocycles. The van der Waals surface area contributed by atoms with Crippen molar-refractivity contribution < 1.29 is 10.2 Å². The van der Waals surface area contributed by atoms with Crippen molar-refractivity contribution in [2.45, 2.75) is 38.3 Å². The number of benzene rings is 1. The van der Waals surface area contributed by atoms with E-state index in [1.807, 2.05) is 6.07 Å². The van der Waals surface area contributed by atoms with Crippen LogP contribution in [0.5, 0.6) is 5.75 Å². The molecule has 100 valence electrons. The molecule has 1 aliphatic carbocycles. The number of aliphatic hydroxyl groups is 1. The molecule has 4 heteroatoms. The molecule has 3 nitrogen and oxygen atoms in total. The van der Waals surface area contributed by atoms with Gasteiger partial charge in [-0.05, 0) is 55.5 Å². The Hall–Kier alpha value is -0.580. The van der Waals surface area contributed by atoms with Crippen LogP contribution in [0.3, 0.4) is 0 Å². The molecule has 1 fully saturated rings. The van der Waals surface area contributed by atoms with E-state index >= 15 is 0 Å². The van der Waals surface area contributed by atoms with Gasteiger partial charge >= 0.3 is 0 Å².